The minimum atomic E-state index is -0.923. The maximum absolute atomic E-state index is 12.0. The Morgan fingerprint density at radius 1 is 1.06 bits per heavy atom. The van der Waals surface area contributed by atoms with Crippen molar-refractivity contribution in [3.8, 4) is 17.2 Å². The lowest BCUT2D eigenvalue weighted by atomic mass is 10.1. The first-order chi connectivity index (χ1) is 16.7. The summed E-state index contributed by atoms with van der Waals surface area (Å²) in [6, 6.07) is 8.99. The summed E-state index contributed by atoms with van der Waals surface area (Å²) < 4.78 is 16.4. The van der Waals surface area contributed by atoms with Crippen LogP contribution >= 0.6 is 0 Å². The second-order valence-corrected chi connectivity index (χ2v) is 8.40. The number of carbonyl (C=O) groups excluding carboxylic acids is 2. The lowest BCUT2D eigenvalue weighted by Crippen LogP contribution is -2.33. The number of ether oxygens (including phenoxy) is 3. The fraction of sp³-hybridized carbons (Fsp3) is 0.481. The molecule has 8 nitrogen and oxygen atoms in total. The fourth-order valence-electron chi connectivity index (χ4n) is 3.81. The summed E-state index contributed by atoms with van der Waals surface area (Å²) in [5.74, 6) is -0.275. The van der Waals surface area contributed by atoms with Crippen molar-refractivity contribution in [1.82, 2.24) is 4.90 Å². The maximum atomic E-state index is 12.0. The number of benzene rings is 2. The number of hydrogen-bond acceptors (Lipinski definition) is 7. The van der Waals surface area contributed by atoms with Gasteiger partial charge in [-0.2, -0.15) is 0 Å². The average molecular weight is 487 g/mol. The van der Waals surface area contributed by atoms with Gasteiger partial charge in [-0.1, -0.05) is 6.92 Å². The molecule has 0 aliphatic heterocycles. The van der Waals surface area contributed by atoms with E-state index in [2.05, 4.69) is 24.1 Å². The van der Waals surface area contributed by atoms with E-state index >= 15 is 0 Å². The normalized spacial score (nSPS) is 11.9. The van der Waals surface area contributed by atoms with Crippen molar-refractivity contribution >= 4 is 17.6 Å². The van der Waals surface area contributed by atoms with Gasteiger partial charge in [0.1, 0.15) is 17.2 Å². The molecule has 2 N–H and O–H groups in total. The van der Waals surface area contributed by atoms with Gasteiger partial charge in [0, 0.05) is 37.1 Å². The molecular formula is C27H38N2O6. The van der Waals surface area contributed by atoms with Crippen LogP contribution in [0.4, 0.5) is 5.69 Å². The molecule has 0 saturated carbocycles. The summed E-state index contributed by atoms with van der Waals surface area (Å²) in [5, 5.41) is 13.0. The van der Waals surface area contributed by atoms with E-state index in [9.17, 15) is 14.7 Å². The molecule has 0 aliphatic carbocycles. The van der Waals surface area contributed by atoms with Gasteiger partial charge in [0.25, 0.3) is 0 Å². The van der Waals surface area contributed by atoms with Crippen LogP contribution in [-0.2, 0) is 25.6 Å². The third-order valence-corrected chi connectivity index (χ3v) is 5.74. The zero-order valence-corrected chi connectivity index (χ0v) is 21.6. The molecule has 1 atom stereocenters. The topological polar surface area (TPSA) is 97.3 Å². The number of phenolic OH excluding ortho intramolecular Hbond substituents is 1. The molecule has 1 unspecified atom stereocenters. The molecule has 0 spiro atoms. The van der Waals surface area contributed by atoms with Crippen LogP contribution in [0.15, 0.2) is 30.3 Å². The van der Waals surface area contributed by atoms with E-state index in [0.717, 1.165) is 29.7 Å². The predicted octanol–water partition coefficient (Wildman–Crippen LogP) is 4.94. The second kappa shape index (κ2) is 13.7. The Kier molecular flexibility index (Phi) is 11.0. The Morgan fingerprint density at radius 3 is 2.34 bits per heavy atom. The van der Waals surface area contributed by atoms with E-state index in [4.69, 9.17) is 14.2 Å². The molecule has 2 rings (SSSR count). The van der Waals surface area contributed by atoms with E-state index in [1.807, 2.05) is 26.8 Å². The van der Waals surface area contributed by atoms with E-state index in [1.165, 1.54) is 0 Å². The maximum Gasteiger partial charge on any atom is 0.397 e. The molecule has 192 valence electrons. The summed E-state index contributed by atoms with van der Waals surface area (Å²) in [7, 11) is 0. The van der Waals surface area contributed by atoms with Crippen molar-refractivity contribution in [1.29, 1.82) is 0 Å². The predicted molar refractivity (Wildman–Crippen MR) is 136 cm³/mol. The summed E-state index contributed by atoms with van der Waals surface area (Å²) >= 11 is 0. The van der Waals surface area contributed by atoms with Crippen molar-refractivity contribution in [2.24, 2.45) is 0 Å². The third-order valence-electron chi connectivity index (χ3n) is 5.74. The van der Waals surface area contributed by atoms with Crippen LogP contribution < -0.4 is 10.1 Å². The molecule has 0 radical (unpaired) electrons. The van der Waals surface area contributed by atoms with Gasteiger partial charge in [0.05, 0.1) is 6.61 Å². The number of hydrogen-bond donors (Lipinski definition) is 2. The molecule has 8 heteroatoms. The van der Waals surface area contributed by atoms with Crippen LogP contribution in [0.1, 0.15) is 50.8 Å². The van der Waals surface area contributed by atoms with Crippen LogP contribution in [0.5, 0.6) is 17.2 Å². The Hall–Kier alpha value is -3.10. The molecule has 0 fully saturated rings. The number of rotatable bonds is 12. The molecule has 2 aromatic rings. The van der Waals surface area contributed by atoms with Gasteiger partial charge in [0.15, 0.2) is 0 Å². The van der Waals surface area contributed by atoms with Crippen molar-refractivity contribution in [3.05, 3.63) is 47.0 Å². The van der Waals surface area contributed by atoms with Gasteiger partial charge >= 0.3 is 11.9 Å². The standard InChI is InChI=1S/C27H38N2O6/c1-7-29(20(6)12-13-33-8-2)17-21-16-23(10-11-24(21)30)35-25-18(4)14-22(15-19(25)5)28-26(31)27(32)34-9-3/h10-11,14-16,20,30H,7-9,12-13,17H2,1-6H3,(H,28,31). The van der Waals surface area contributed by atoms with E-state index < -0.39 is 11.9 Å². The number of aromatic hydroxyl groups is 1. The number of carbonyl (C=O) groups is 2. The first kappa shape index (κ1) is 28.1. The number of nitrogens with one attached hydrogen (secondary N) is 1. The first-order valence-corrected chi connectivity index (χ1v) is 12.1. The first-order valence-electron chi connectivity index (χ1n) is 12.1. The van der Waals surface area contributed by atoms with Crippen LogP contribution in [0.25, 0.3) is 0 Å². The highest BCUT2D eigenvalue weighted by Gasteiger charge is 2.18. The number of esters is 1. The SMILES string of the molecule is CCOCCC(C)N(CC)Cc1cc(Oc2c(C)cc(NC(=O)C(=O)OCC)cc2C)ccc1O. The van der Waals surface area contributed by atoms with E-state index in [1.54, 1.807) is 31.2 Å². The minimum Gasteiger partial charge on any atom is -0.508 e. The number of aryl methyl sites for hydroxylation is 2. The van der Waals surface area contributed by atoms with Crippen LogP contribution in [0, 0.1) is 13.8 Å². The number of nitrogens with zero attached hydrogens (tertiary/aromatic N) is 1. The van der Waals surface area contributed by atoms with Crippen LogP contribution in [0.2, 0.25) is 0 Å². The number of amides is 1. The van der Waals surface area contributed by atoms with Gasteiger partial charge in [-0.15, -0.1) is 0 Å². The van der Waals surface area contributed by atoms with Gasteiger partial charge in [-0.05, 0) is 89.0 Å². The van der Waals surface area contributed by atoms with E-state index in [-0.39, 0.29) is 12.4 Å². The molecule has 0 bridgehead atoms. The van der Waals surface area contributed by atoms with Crippen molar-refractivity contribution in [2.45, 2.75) is 60.5 Å². The smallest absolute Gasteiger partial charge is 0.397 e. The van der Waals surface area contributed by atoms with Gasteiger partial charge in [-0.3, -0.25) is 9.69 Å². The molecule has 35 heavy (non-hydrogen) atoms. The van der Waals surface area contributed by atoms with Crippen molar-refractivity contribution in [3.63, 3.8) is 0 Å². The lowest BCUT2D eigenvalue weighted by molar-refractivity contribution is -0.152. The summed E-state index contributed by atoms with van der Waals surface area (Å²) in [6.07, 6.45) is 0.913. The number of anilines is 1. The summed E-state index contributed by atoms with van der Waals surface area (Å²) in [5.41, 5.74) is 2.84. The molecule has 0 aliphatic rings. The molecule has 2 aromatic carbocycles. The fourth-order valence-corrected chi connectivity index (χ4v) is 3.81. The second-order valence-electron chi connectivity index (χ2n) is 8.40. The van der Waals surface area contributed by atoms with Gasteiger partial charge in [-0.25, -0.2) is 4.79 Å². The zero-order valence-electron chi connectivity index (χ0n) is 21.6. The van der Waals surface area contributed by atoms with Gasteiger partial charge < -0.3 is 24.6 Å². The highest BCUT2D eigenvalue weighted by molar-refractivity contribution is 6.37. The Morgan fingerprint density at radius 2 is 1.74 bits per heavy atom. The Bertz CT molecular complexity index is 984. The van der Waals surface area contributed by atoms with Crippen molar-refractivity contribution in [2.75, 3.05) is 31.7 Å². The Labute approximate surface area is 208 Å². The average Bonchev–Trinajstić information content (AvgIpc) is 2.81. The van der Waals surface area contributed by atoms with Gasteiger partial charge in [0.2, 0.25) is 0 Å². The minimum absolute atomic E-state index is 0.133. The quantitative estimate of drug-likeness (QED) is 0.249. The highest BCUT2D eigenvalue weighted by atomic mass is 16.5. The largest absolute Gasteiger partial charge is 0.508 e. The highest BCUT2D eigenvalue weighted by Crippen LogP contribution is 2.34. The Balaban J connectivity index is 2.16. The molecule has 0 heterocycles. The summed E-state index contributed by atoms with van der Waals surface area (Å²) in [6.45, 7) is 14.6. The third kappa shape index (κ3) is 8.26. The van der Waals surface area contributed by atoms with Crippen LogP contribution in [-0.4, -0.2) is 54.3 Å². The lowest BCUT2D eigenvalue weighted by Gasteiger charge is -2.28. The number of phenols is 1. The van der Waals surface area contributed by atoms with Crippen molar-refractivity contribution < 1.29 is 28.9 Å². The summed E-state index contributed by atoms with van der Waals surface area (Å²) in [4.78, 5) is 25.8. The molecule has 0 aromatic heterocycles. The van der Waals surface area contributed by atoms with Crippen LogP contribution in [0.3, 0.4) is 0 Å². The van der Waals surface area contributed by atoms with E-state index in [0.29, 0.717) is 43.0 Å². The molecule has 1 amide bonds. The molecule has 0 saturated heterocycles. The molecular weight excluding hydrogens is 448 g/mol. The zero-order chi connectivity index (χ0) is 26.0. The monoisotopic (exact) mass is 486 g/mol.